The molecule has 0 bridgehead atoms. The summed E-state index contributed by atoms with van der Waals surface area (Å²) in [6, 6.07) is 0.183. The molecular formula is C8H17NO. The van der Waals surface area contributed by atoms with E-state index in [4.69, 9.17) is 10.5 Å². The van der Waals surface area contributed by atoms with E-state index in [1.165, 1.54) is 0 Å². The second-order valence-electron chi connectivity index (χ2n) is 4.28. The Morgan fingerprint density at radius 3 is 1.90 bits per heavy atom. The Hall–Kier alpha value is -0.0800. The maximum atomic E-state index is 5.86. The number of ether oxygens (including phenoxy) is 1. The minimum absolute atomic E-state index is 0.0249. The van der Waals surface area contributed by atoms with E-state index in [1.807, 2.05) is 13.8 Å². The van der Waals surface area contributed by atoms with Crippen LogP contribution in [-0.2, 0) is 4.74 Å². The lowest BCUT2D eigenvalue weighted by atomic mass is 9.96. The summed E-state index contributed by atoms with van der Waals surface area (Å²) < 4.78 is 5.72. The lowest BCUT2D eigenvalue weighted by molar-refractivity contribution is -0.0674. The summed E-state index contributed by atoms with van der Waals surface area (Å²) in [4.78, 5) is 0. The van der Waals surface area contributed by atoms with Gasteiger partial charge in [-0.25, -0.2) is 0 Å². The van der Waals surface area contributed by atoms with Crippen LogP contribution in [0.2, 0.25) is 0 Å². The minimum Gasteiger partial charge on any atom is -0.368 e. The van der Waals surface area contributed by atoms with Crippen molar-refractivity contribution in [1.29, 1.82) is 0 Å². The Morgan fingerprint density at radius 2 is 1.80 bits per heavy atom. The van der Waals surface area contributed by atoms with E-state index < -0.39 is 0 Å². The maximum absolute atomic E-state index is 5.86. The molecule has 1 aliphatic heterocycles. The fraction of sp³-hybridized carbons (Fsp3) is 1.00. The Morgan fingerprint density at radius 1 is 1.30 bits per heavy atom. The van der Waals surface area contributed by atoms with Crippen molar-refractivity contribution in [2.45, 2.75) is 51.4 Å². The summed E-state index contributed by atoms with van der Waals surface area (Å²) in [5.74, 6) is 0. The van der Waals surface area contributed by atoms with Gasteiger partial charge >= 0.3 is 0 Å². The van der Waals surface area contributed by atoms with Crippen molar-refractivity contribution in [2.75, 3.05) is 0 Å². The first kappa shape index (κ1) is 8.02. The molecular weight excluding hydrogens is 126 g/mol. The highest BCUT2D eigenvalue weighted by Crippen LogP contribution is 2.35. The van der Waals surface area contributed by atoms with Crippen molar-refractivity contribution < 1.29 is 4.74 Å². The van der Waals surface area contributed by atoms with Crippen LogP contribution in [0.1, 0.15) is 34.1 Å². The first-order valence-electron chi connectivity index (χ1n) is 3.79. The highest BCUT2D eigenvalue weighted by Gasteiger charge is 2.43. The summed E-state index contributed by atoms with van der Waals surface area (Å²) in [5.41, 5.74) is 5.70. The van der Waals surface area contributed by atoms with Gasteiger partial charge in [0, 0.05) is 6.04 Å². The van der Waals surface area contributed by atoms with Gasteiger partial charge in [0.15, 0.2) is 0 Å². The van der Waals surface area contributed by atoms with Gasteiger partial charge in [0.05, 0.1) is 11.2 Å². The summed E-state index contributed by atoms with van der Waals surface area (Å²) in [6.07, 6.45) is 0.958. The standard InChI is InChI=1S/C8H17NO/c1-7(2)5-6(9)8(3,4)10-7/h6H,5,9H2,1-4H3/t6-/m1/s1. The van der Waals surface area contributed by atoms with E-state index in [0.29, 0.717) is 0 Å². The smallest absolute Gasteiger partial charge is 0.0785 e. The van der Waals surface area contributed by atoms with Gasteiger partial charge in [0.1, 0.15) is 0 Å². The Kier molecular flexibility index (Phi) is 1.57. The van der Waals surface area contributed by atoms with Crippen molar-refractivity contribution in [2.24, 2.45) is 5.73 Å². The second kappa shape index (κ2) is 1.95. The highest BCUT2D eigenvalue weighted by atomic mass is 16.5. The van der Waals surface area contributed by atoms with Crippen LogP contribution in [0.5, 0.6) is 0 Å². The van der Waals surface area contributed by atoms with Crippen LogP contribution in [0.25, 0.3) is 0 Å². The van der Waals surface area contributed by atoms with E-state index in [0.717, 1.165) is 6.42 Å². The quantitative estimate of drug-likeness (QED) is 0.554. The maximum Gasteiger partial charge on any atom is 0.0785 e. The van der Waals surface area contributed by atoms with E-state index in [2.05, 4.69) is 13.8 Å². The van der Waals surface area contributed by atoms with E-state index in [-0.39, 0.29) is 17.2 Å². The third-order valence-corrected chi connectivity index (χ3v) is 2.14. The normalized spacial score (nSPS) is 36.3. The van der Waals surface area contributed by atoms with Crippen LogP contribution in [0.3, 0.4) is 0 Å². The topological polar surface area (TPSA) is 35.2 Å². The molecule has 1 aliphatic rings. The van der Waals surface area contributed by atoms with Crippen molar-refractivity contribution in [3.05, 3.63) is 0 Å². The van der Waals surface area contributed by atoms with E-state index in [9.17, 15) is 0 Å². The first-order chi connectivity index (χ1) is 4.33. The van der Waals surface area contributed by atoms with Crippen LogP contribution >= 0.6 is 0 Å². The Labute approximate surface area is 62.7 Å². The minimum atomic E-state index is -0.135. The number of nitrogens with two attached hydrogens (primary N) is 1. The molecule has 0 aliphatic carbocycles. The molecule has 0 saturated carbocycles. The van der Waals surface area contributed by atoms with Gasteiger partial charge in [-0.2, -0.15) is 0 Å². The SMILES string of the molecule is CC1(C)C[C@@H](N)C(C)(C)O1. The lowest BCUT2D eigenvalue weighted by Gasteiger charge is -2.25. The second-order valence-corrected chi connectivity index (χ2v) is 4.28. The molecule has 0 radical (unpaired) electrons. The van der Waals surface area contributed by atoms with Crippen LogP contribution in [-0.4, -0.2) is 17.2 Å². The summed E-state index contributed by atoms with van der Waals surface area (Å²) in [7, 11) is 0. The van der Waals surface area contributed by atoms with Crippen molar-refractivity contribution in [3.63, 3.8) is 0 Å². The van der Waals surface area contributed by atoms with E-state index >= 15 is 0 Å². The van der Waals surface area contributed by atoms with Gasteiger partial charge in [0.2, 0.25) is 0 Å². The average Bonchev–Trinajstić information content (AvgIpc) is 1.73. The van der Waals surface area contributed by atoms with Crippen LogP contribution in [0.15, 0.2) is 0 Å². The fourth-order valence-corrected chi connectivity index (χ4v) is 1.60. The number of rotatable bonds is 0. The predicted octanol–water partition coefficient (Wildman–Crippen LogP) is 1.29. The summed E-state index contributed by atoms with van der Waals surface area (Å²) in [6.45, 7) is 8.27. The van der Waals surface area contributed by atoms with Gasteiger partial charge < -0.3 is 10.5 Å². The van der Waals surface area contributed by atoms with Gasteiger partial charge in [-0.1, -0.05) is 0 Å². The van der Waals surface area contributed by atoms with Crippen LogP contribution < -0.4 is 5.73 Å². The predicted molar refractivity (Wildman–Crippen MR) is 41.8 cm³/mol. The van der Waals surface area contributed by atoms with Gasteiger partial charge in [-0.15, -0.1) is 0 Å². The summed E-state index contributed by atoms with van der Waals surface area (Å²) in [5, 5.41) is 0. The zero-order valence-corrected chi connectivity index (χ0v) is 7.27. The molecule has 1 rings (SSSR count). The molecule has 1 saturated heterocycles. The van der Waals surface area contributed by atoms with Crippen molar-refractivity contribution in [1.82, 2.24) is 0 Å². The zero-order chi connectivity index (χ0) is 7.99. The Balaban J connectivity index is 2.71. The molecule has 0 aromatic heterocycles. The highest BCUT2D eigenvalue weighted by molar-refractivity contribution is 4.96. The molecule has 2 heteroatoms. The zero-order valence-electron chi connectivity index (χ0n) is 7.27. The van der Waals surface area contributed by atoms with Crippen molar-refractivity contribution >= 4 is 0 Å². The fourth-order valence-electron chi connectivity index (χ4n) is 1.60. The van der Waals surface area contributed by atoms with E-state index in [1.54, 1.807) is 0 Å². The summed E-state index contributed by atoms with van der Waals surface area (Å²) >= 11 is 0. The molecule has 0 spiro atoms. The van der Waals surface area contributed by atoms with Gasteiger partial charge in [-0.3, -0.25) is 0 Å². The largest absolute Gasteiger partial charge is 0.368 e. The monoisotopic (exact) mass is 143 g/mol. The molecule has 0 aromatic rings. The first-order valence-corrected chi connectivity index (χ1v) is 3.79. The van der Waals surface area contributed by atoms with Gasteiger partial charge in [-0.05, 0) is 34.1 Å². The average molecular weight is 143 g/mol. The van der Waals surface area contributed by atoms with Crippen molar-refractivity contribution in [3.8, 4) is 0 Å². The van der Waals surface area contributed by atoms with Gasteiger partial charge in [0.25, 0.3) is 0 Å². The molecule has 2 N–H and O–H groups in total. The van der Waals surface area contributed by atoms with Crippen LogP contribution in [0, 0.1) is 0 Å². The molecule has 0 unspecified atom stereocenters. The molecule has 1 atom stereocenters. The number of hydrogen-bond donors (Lipinski definition) is 1. The molecule has 1 heterocycles. The van der Waals surface area contributed by atoms with Crippen LogP contribution in [0.4, 0.5) is 0 Å². The molecule has 2 nitrogen and oxygen atoms in total. The third-order valence-electron chi connectivity index (χ3n) is 2.14. The molecule has 10 heavy (non-hydrogen) atoms. The number of hydrogen-bond acceptors (Lipinski definition) is 2. The molecule has 0 aromatic carbocycles. The third kappa shape index (κ3) is 1.32. The molecule has 0 amide bonds. The Bertz CT molecular complexity index is 140. The molecule has 1 fully saturated rings. The lowest BCUT2D eigenvalue weighted by Crippen LogP contribution is -2.38. The molecule has 60 valence electrons.